The Hall–Kier alpha value is -0.750. The van der Waals surface area contributed by atoms with Crippen LogP contribution in [0.3, 0.4) is 0 Å². The third-order valence-electron chi connectivity index (χ3n) is 0.881. The van der Waals surface area contributed by atoms with Gasteiger partial charge in [0.2, 0.25) is 0 Å². The number of rotatable bonds is 4. The maximum atomic E-state index is 10.5. The molecule has 11 heavy (non-hydrogen) atoms. The molecule has 0 bridgehead atoms. The summed E-state index contributed by atoms with van der Waals surface area (Å²) in [4.78, 5) is 10.5. The predicted octanol–water partition coefficient (Wildman–Crippen LogP) is 0.193. The molecule has 0 spiro atoms. The van der Waals surface area contributed by atoms with Crippen molar-refractivity contribution >= 4 is 22.9 Å². The highest BCUT2D eigenvalue weighted by atomic mass is 32.2. The van der Waals surface area contributed by atoms with E-state index in [-0.39, 0.29) is 11.5 Å². The monoisotopic (exact) mass is 179 g/mol. The summed E-state index contributed by atoms with van der Waals surface area (Å²) in [6.45, 7) is 2.78. The van der Waals surface area contributed by atoms with Crippen LogP contribution in [0.25, 0.3) is 0 Å². The number of carbonyl (C=O) groups excluding carboxylic acids is 1. The number of ketones is 1. The van der Waals surface area contributed by atoms with Crippen LogP contribution >= 0.6 is 0 Å². The fourth-order valence-electron chi connectivity index (χ4n) is 0.181. The van der Waals surface area contributed by atoms with Crippen LogP contribution in [0.4, 0.5) is 0 Å². The van der Waals surface area contributed by atoms with Crippen LogP contribution in [-0.2, 0) is 24.6 Å². The summed E-state index contributed by atoms with van der Waals surface area (Å²) >= 11 is -1.90. The lowest BCUT2D eigenvalue weighted by atomic mass is 10.3. The zero-order chi connectivity index (χ0) is 8.85. The minimum atomic E-state index is -1.90. The molecule has 0 fully saturated rings. The van der Waals surface area contributed by atoms with Gasteiger partial charge in [-0.3, -0.25) is 13.3 Å². The van der Waals surface area contributed by atoms with Crippen LogP contribution in [0.15, 0.2) is 5.16 Å². The van der Waals surface area contributed by atoms with Gasteiger partial charge in [0.05, 0.1) is 7.11 Å². The molecule has 0 aromatic rings. The molecule has 0 radical (unpaired) electrons. The second kappa shape index (κ2) is 4.97. The largest absolute Gasteiger partial charge is 0.381 e. The van der Waals surface area contributed by atoms with Gasteiger partial charge in [0, 0.05) is 6.92 Å². The fraction of sp³-hybridized carbons (Fsp3) is 0.600. The number of hydrogen-bond acceptors (Lipinski definition) is 5. The van der Waals surface area contributed by atoms with Gasteiger partial charge in [-0.2, -0.15) is 4.21 Å². The smallest absolute Gasteiger partial charge is 0.293 e. The van der Waals surface area contributed by atoms with Crippen molar-refractivity contribution in [2.75, 3.05) is 7.11 Å². The Morgan fingerprint density at radius 1 is 1.45 bits per heavy atom. The van der Waals surface area contributed by atoms with Crippen molar-refractivity contribution in [1.29, 1.82) is 0 Å². The van der Waals surface area contributed by atoms with Gasteiger partial charge in [0.25, 0.3) is 0 Å². The molecule has 0 saturated carbocycles. The lowest BCUT2D eigenvalue weighted by Gasteiger charge is -1.94. The average molecular weight is 179 g/mol. The molecule has 6 heteroatoms. The molecule has 0 heterocycles. The summed E-state index contributed by atoms with van der Waals surface area (Å²) in [5.74, 6) is -0.238. The lowest BCUT2D eigenvalue weighted by Crippen LogP contribution is -2.06. The Morgan fingerprint density at radius 3 is 2.36 bits per heavy atom. The number of Topliss-reactive ketones (excluding diaryl/α,β-unsaturated/α-hetero) is 1. The molecule has 0 aliphatic rings. The molecule has 0 amide bonds. The summed E-state index contributed by atoms with van der Waals surface area (Å²) in [6, 6.07) is 0. The number of hydrogen-bond donors (Lipinski definition) is 0. The van der Waals surface area contributed by atoms with Gasteiger partial charge in [-0.1, -0.05) is 5.16 Å². The standard InChI is InChI=1S/C5H9NO4S/c1-4(5(2)7)6-10-11(8)9-3/h1-3H3/b6-4-. The first-order valence-corrected chi connectivity index (χ1v) is 3.77. The van der Waals surface area contributed by atoms with Crippen LogP contribution in [-0.4, -0.2) is 22.8 Å². The first-order chi connectivity index (χ1) is 5.07. The topological polar surface area (TPSA) is 65.0 Å². The highest BCUT2D eigenvalue weighted by Crippen LogP contribution is 1.88. The second-order valence-corrected chi connectivity index (χ2v) is 2.57. The maximum Gasteiger partial charge on any atom is 0.381 e. The third-order valence-corrected chi connectivity index (χ3v) is 1.35. The van der Waals surface area contributed by atoms with Crippen LogP contribution in [0, 0.1) is 0 Å². The molecule has 0 aromatic carbocycles. The highest BCUT2D eigenvalue weighted by molar-refractivity contribution is 7.75. The van der Waals surface area contributed by atoms with E-state index in [0.717, 1.165) is 0 Å². The van der Waals surface area contributed by atoms with E-state index in [0.29, 0.717) is 0 Å². The van der Waals surface area contributed by atoms with Gasteiger partial charge < -0.3 is 0 Å². The predicted molar refractivity (Wildman–Crippen MR) is 40.0 cm³/mol. The molecule has 1 atom stereocenters. The van der Waals surface area contributed by atoms with Crippen LogP contribution in [0.2, 0.25) is 0 Å². The molecule has 1 unspecified atom stereocenters. The molecule has 64 valence electrons. The van der Waals surface area contributed by atoms with Crippen molar-refractivity contribution in [3.8, 4) is 0 Å². The average Bonchev–Trinajstić information content (AvgIpc) is 1.99. The summed E-state index contributed by atoms with van der Waals surface area (Å²) in [5.41, 5.74) is 0.149. The van der Waals surface area contributed by atoms with Crippen LogP contribution in [0.1, 0.15) is 13.8 Å². The van der Waals surface area contributed by atoms with E-state index in [1.807, 2.05) is 0 Å². The molecule has 0 rings (SSSR count). The van der Waals surface area contributed by atoms with Crippen molar-refractivity contribution in [3.63, 3.8) is 0 Å². The van der Waals surface area contributed by atoms with Gasteiger partial charge in [-0.05, 0) is 6.92 Å². The summed E-state index contributed by atoms with van der Waals surface area (Å²) in [7, 11) is 1.20. The minimum absolute atomic E-state index is 0.149. The van der Waals surface area contributed by atoms with Crippen molar-refractivity contribution in [3.05, 3.63) is 0 Å². The molecular formula is C5H9NO4S. The normalized spacial score (nSPS) is 14.3. The Labute approximate surface area is 67.2 Å². The first kappa shape index (κ1) is 10.2. The van der Waals surface area contributed by atoms with Crippen molar-refractivity contribution in [2.45, 2.75) is 13.8 Å². The Bertz CT molecular complexity index is 201. The van der Waals surface area contributed by atoms with Crippen molar-refractivity contribution in [1.82, 2.24) is 0 Å². The van der Waals surface area contributed by atoms with Crippen molar-refractivity contribution in [2.24, 2.45) is 5.16 Å². The lowest BCUT2D eigenvalue weighted by molar-refractivity contribution is -0.111. The third kappa shape index (κ3) is 4.63. The molecule has 0 aromatic heterocycles. The molecule has 0 saturated heterocycles. The van der Waals surface area contributed by atoms with Gasteiger partial charge in [0.1, 0.15) is 5.71 Å². The van der Waals surface area contributed by atoms with E-state index in [1.165, 1.54) is 21.0 Å². The maximum absolute atomic E-state index is 10.5. The zero-order valence-electron chi connectivity index (χ0n) is 6.49. The number of oxime groups is 1. The van der Waals surface area contributed by atoms with E-state index >= 15 is 0 Å². The first-order valence-electron chi connectivity index (χ1n) is 2.77. The van der Waals surface area contributed by atoms with Gasteiger partial charge in [-0.25, -0.2) is 0 Å². The highest BCUT2D eigenvalue weighted by Gasteiger charge is 2.00. The van der Waals surface area contributed by atoms with E-state index in [2.05, 4.69) is 13.6 Å². The number of nitrogens with zero attached hydrogens (tertiary/aromatic N) is 1. The van der Waals surface area contributed by atoms with E-state index in [9.17, 15) is 9.00 Å². The van der Waals surface area contributed by atoms with Gasteiger partial charge in [0.15, 0.2) is 5.78 Å². The molecule has 5 nitrogen and oxygen atoms in total. The van der Waals surface area contributed by atoms with E-state index in [1.54, 1.807) is 0 Å². The van der Waals surface area contributed by atoms with Gasteiger partial charge >= 0.3 is 11.4 Å². The second-order valence-electron chi connectivity index (χ2n) is 1.68. The zero-order valence-corrected chi connectivity index (χ0v) is 7.30. The molecule has 0 N–H and O–H groups in total. The molecular weight excluding hydrogens is 170 g/mol. The van der Waals surface area contributed by atoms with E-state index in [4.69, 9.17) is 0 Å². The SMILES string of the molecule is COS(=O)O/N=C(/C)C(C)=O. The summed E-state index contributed by atoms with van der Waals surface area (Å²) < 4.78 is 18.8. The Kier molecular flexibility index (Phi) is 4.64. The Morgan fingerprint density at radius 2 is 2.00 bits per heavy atom. The minimum Gasteiger partial charge on any atom is -0.293 e. The fourth-order valence-corrected chi connectivity index (χ4v) is 0.415. The molecule has 0 aliphatic heterocycles. The van der Waals surface area contributed by atoms with Crippen LogP contribution < -0.4 is 0 Å². The number of carbonyl (C=O) groups is 1. The summed E-state index contributed by atoms with van der Waals surface area (Å²) in [6.07, 6.45) is 0. The summed E-state index contributed by atoms with van der Waals surface area (Å²) in [5, 5.41) is 3.24. The van der Waals surface area contributed by atoms with Gasteiger partial charge in [-0.15, -0.1) is 0 Å². The quantitative estimate of drug-likeness (QED) is 0.456. The van der Waals surface area contributed by atoms with Crippen molar-refractivity contribution < 1.29 is 17.5 Å². The van der Waals surface area contributed by atoms with E-state index < -0.39 is 11.4 Å². The Balaban J connectivity index is 3.92. The van der Waals surface area contributed by atoms with Crippen LogP contribution in [0.5, 0.6) is 0 Å². The molecule has 0 aliphatic carbocycles.